The molecule has 106 valence electrons. The number of rotatable bonds is 2. The molecule has 1 saturated heterocycles. The highest BCUT2D eigenvalue weighted by Crippen LogP contribution is 2.24. The van der Waals surface area contributed by atoms with Gasteiger partial charge in [0.25, 0.3) is 0 Å². The Morgan fingerprint density at radius 3 is 2.61 bits per heavy atom. The van der Waals surface area contributed by atoms with Crippen LogP contribution in [0.15, 0.2) is 0 Å². The van der Waals surface area contributed by atoms with E-state index in [0.717, 1.165) is 0 Å². The molecule has 1 aliphatic heterocycles. The van der Waals surface area contributed by atoms with Gasteiger partial charge in [0.2, 0.25) is 0 Å². The van der Waals surface area contributed by atoms with Crippen molar-refractivity contribution in [2.24, 2.45) is 0 Å². The van der Waals surface area contributed by atoms with Gasteiger partial charge in [0.15, 0.2) is 0 Å². The fourth-order valence-electron chi connectivity index (χ4n) is 2.06. The van der Waals surface area contributed by atoms with Gasteiger partial charge < -0.3 is 19.5 Å². The number of hydrogen-bond acceptors (Lipinski definition) is 4. The molecule has 1 rings (SSSR count). The van der Waals surface area contributed by atoms with E-state index < -0.39 is 11.2 Å². The highest BCUT2D eigenvalue weighted by atomic mass is 16.6. The first kappa shape index (κ1) is 15.2. The fraction of sp³-hybridized carbons (Fsp3) is 0.923. The van der Waals surface area contributed by atoms with Crippen molar-refractivity contribution in [3.05, 3.63) is 0 Å². The number of carbonyl (C=O) groups excluding carboxylic acids is 1. The summed E-state index contributed by atoms with van der Waals surface area (Å²) in [5, 5.41) is 8.99. The lowest BCUT2D eigenvalue weighted by atomic mass is 10.0. The maximum Gasteiger partial charge on any atom is 0.410 e. The van der Waals surface area contributed by atoms with Gasteiger partial charge >= 0.3 is 6.09 Å². The molecule has 0 saturated carbocycles. The average Bonchev–Trinajstić information content (AvgIpc) is 2.12. The Bertz CT molecular complexity index is 296. The lowest BCUT2D eigenvalue weighted by molar-refractivity contribution is -0.138. The molecule has 0 aliphatic carbocycles. The predicted molar refractivity (Wildman–Crippen MR) is 68.5 cm³/mol. The Balaban J connectivity index is 2.67. The van der Waals surface area contributed by atoms with E-state index in [0.29, 0.717) is 19.5 Å². The van der Waals surface area contributed by atoms with Gasteiger partial charge in [-0.1, -0.05) is 0 Å². The molecule has 0 spiro atoms. The molecule has 0 aromatic carbocycles. The fourth-order valence-corrected chi connectivity index (χ4v) is 2.06. The number of carbonyl (C=O) groups is 1. The molecule has 5 nitrogen and oxygen atoms in total. The van der Waals surface area contributed by atoms with Crippen LogP contribution in [0.3, 0.4) is 0 Å². The van der Waals surface area contributed by atoms with Crippen LogP contribution in [0, 0.1) is 0 Å². The van der Waals surface area contributed by atoms with Crippen LogP contribution in [0.4, 0.5) is 4.79 Å². The first-order valence-corrected chi connectivity index (χ1v) is 6.39. The van der Waals surface area contributed by atoms with Crippen molar-refractivity contribution in [1.29, 1.82) is 0 Å². The SMILES string of the molecule is CC(C)(C)OC(=O)N1CC(CCO)OC(C)(C)C1. The van der Waals surface area contributed by atoms with E-state index in [1.54, 1.807) is 4.90 Å². The molecule has 1 fully saturated rings. The number of amides is 1. The van der Waals surface area contributed by atoms with Crippen LogP contribution in [0.5, 0.6) is 0 Å². The first-order valence-electron chi connectivity index (χ1n) is 6.39. The van der Waals surface area contributed by atoms with Crippen molar-refractivity contribution in [3.8, 4) is 0 Å². The van der Waals surface area contributed by atoms with E-state index in [9.17, 15) is 4.79 Å². The zero-order chi connectivity index (χ0) is 14.0. The summed E-state index contributed by atoms with van der Waals surface area (Å²) in [6.45, 7) is 10.5. The smallest absolute Gasteiger partial charge is 0.410 e. The number of aliphatic hydroxyl groups excluding tert-OH is 1. The zero-order valence-corrected chi connectivity index (χ0v) is 12.0. The molecule has 0 bridgehead atoms. The molecule has 1 heterocycles. The van der Waals surface area contributed by atoms with Gasteiger partial charge in [0.1, 0.15) is 5.60 Å². The van der Waals surface area contributed by atoms with Crippen molar-refractivity contribution in [2.75, 3.05) is 19.7 Å². The molecular formula is C13H25NO4. The van der Waals surface area contributed by atoms with Gasteiger partial charge in [-0.2, -0.15) is 0 Å². The molecule has 1 aliphatic rings. The maximum atomic E-state index is 12.0. The molecular weight excluding hydrogens is 234 g/mol. The summed E-state index contributed by atoms with van der Waals surface area (Å²) in [4.78, 5) is 13.7. The van der Waals surface area contributed by atoms with E-state index in [4.69, 9.17) is 14.6 Å². The van der Waals surface area contributed by atoms with Crippen molar-refractivity contribution < 1.29 is 19.4 Å². The summed E-state index contributed by atoms with van der Waals surface area (Å²) in [6, 6.07) is 0. The second-order valence-corrected chi connectivity index (χ2v) is 6.37. The molecule has 0 radical (unpaired) electrons. The summed E-state index contributed by atoms with van der Waals surface area (Å²) in [7, 11) is 0. The normalized spacial score (nSPS) is 23.9. The van der Waals surface area contributed by atoms with E-state index in [-0.39, 0.29) is 18.8 Å². The van der Waals surface area contributed by atoms with Gasteiger partial charge in [-0.15, -0.1) is 0 Å². The monoisotopic (exact) mass is 259 g/mol. The Hall–Kier alpha value is -0.810. The van der Waals surface area contributed by atoms with Crippen LogP contribution in [-0.2, 0) is 9.47 Å². The van der Waals surface area contributed by atoms with Crippen LogP contribution in [0.25, 0.3) is 0 Å². The van der Waals surface area contributed by atoms with Gasteiger partial charge in [0, 0.05) is 6.61 Å². The molecule has 1 N–H and O–H groups in total. The van der Waals surface area contributed by atoms with Crippen LogP contribution in [-0.4, -0.2) is 53.1 Å². The zero-order valence-electron chi connectivity index (χ0n) is 12.0. The molecule has 5 heteroatoms. The number of nitrogens with zero attached hydrogens (tertiary/aromatic N) is 1. The molecule has 0 aromatic heterocycles. The quantitative estimate of drug-likeness (QED) is 0.821. The van der Waals surface area contributed by atoms with E-state index in [1.165, 1.54) is 0 Å². The molecule has 18 heavy (non-hydrogen) atoms. The number of hydrogen-bond donors (Lipinski definition) is 1. The molecule has 1 atom stereocenters. The van der Waals surface area contributed by atoms with Crippen LogP contribution in [0.1, 0.15) is 41.0 Å². The minimum absolute atomic E-state index is 0.0584. The van der Waals surface area contributed by atoms with Crippen molar-refractivity contribution in [1.82, 2.24) is 4.90 Å². The van der Waals surface area contributed by atoms with Gasteiger partial charge in [-0.05, 0) is 41.0 Å². The molecule has 1 unspecified atom stereocenters. The highest BCUT2D eigenvalue weighted by Gasteiger charge is 2.36. The summed E-state index contributed by atoms with van der Waals surface area (Å²) in [5.41, 5.74) is -0.902. The van der Waals surface area contributed by atoms with Crippen molar-refractivity contribution in [3.63, 3.8) is 0 Å². The topological polar surface area (TPSA) is 59.0 Å². The third kappa shape index (κ3) is 4.82. The van der Waals surface area contributed by atoms with Crippen molar-refractivity contribution >= 4 is 6.09 Å². The second-order valence-electron chi connectivity index (χ2n) is 6.37. The maximum absolute atomic E-state index is 12.0. The lowest BCUT2D eigenvalue weighted by Gasteiger charge is -2.42. The van der Waals surface area contributed by atoms with Crippen LogP contribution in [0.2, 0.25) is 0 Å². The highest BCUT2D eigenvalue weighted by molar-refractivity contribution is 5.68. The minimum atomic E-state index is -0.494. The number of morpholine rings is 1. The third-order valence-corrected chi connectivity index (χ3v) is 2.58. The van der Waals surface area contributed by atoms with E-state index in [1.807, 2.05) is 34.6 Å². The largest absolute Gasteiger partial charge is 0.444 e. The van der Waals surface area contributed by atoms with Crippen molar-refractivity contribution in [2.45, 2.75) is 58.3 Å². The minimum Gasteiger partial charge on any atom is -0.444 e. The van der Waals surface area contributed by atoms with E-state index >= 15 is 0 Å². The second kappa shape index (κ2) is 5.45. The number of aliphatic hydroxyl groups is 1. The third-order valence-electron chi connectivity index (χ3n) is 2.58. The lowest BCUT2D eigenvalue weighted by Crippen LogP contribution is -2.55. The summed E-state index contributed by atoms with van der Waals surface area (Å²) in [5.74, 6) is 0. The Morgan fingerprint density at radius 1 is 1.50 bits per heavy atom. The first-order chi connectivity index (χ1) is 8.13. The average molecular weight is 259 g/mol. The summed E-state index contributed by atoms with van der Waals surface area (Å²) >= 11 is 0. The van der Waals surface area contributed by atoms with Crippen LogP contribution < -0.4 is 0 Å². The predicted octanol–water partition coefficient (Wildman–Crippen LogP) is 1.78. The molecule has 0 aromatic rings. The van der Waals surface area contributed by atoms with E-state index in [2.05, 4.69) is 0 Å². The van der Waals surface area contributed by atoms with Gasteiger partial charge in [-0.25, -0.2) is 4.79 Å². The standard InChI is InChI=1S/C13H25NO4/c1-12(2,3)18-11(16)14-8-10(6-7-15)17-13(4,5)9-14/h10,15H,6-9H2,1-5H3. The van der Waals surface area contributed by atoms with Gasteiger partial charge in [-0.3, -0.25) is 0 Å². The van der Waals surface area contributed by atoms with Crippen LogP contribution >= 0.6 is 0 Å². The molecule has 1 amide bonds. The summed E-state index contributed by atoms with van der Waals surface area (Å²) in [6.07, 6.45) is 0.0796. The summed E-state index contributed by atoms with van der Waals surface area (Å²) < 4.78 is 11.2. The van der Waals surface area contributed by atoms with Gasteiger partial charge in [0.05, 0.1) is 24.8 Å². The Labute approximate surface area is 109 Å². The Morgan fingerprint density at radius 2 is 2.11 bits per heavy atom. The Kier molecular flexibility index (Phi) is 4.61. The number of ether oxygens (including phenoxy) is 2.